The first-order valence-electron chi connectivity index (χ1n) is 10.8. The Hall–Kier alpha value is -3.07. The summed E-state index contributed by atoms with van der Waals surface area (Å²) in [5.41, 5.74) is 5.04. The Balaban J connectivity index is 1.50. The molecule has 3 heteroatoms. The van der Waals surface area contributed by atoms with Crippen LogP contribution in [0.25, 0.3) is 44.0 Å². The number of hydrogen-bond donors (Lipinski definition) is 0. The van der Waals surface area contributed by atoms with E-state index in [0.29, 0.717) is 0 Å². The molecular formula is C27H22BNO. The van der Waals surface area contributed by atoms with Gasteiger partial charge in [0.1, 0.15) is 5.58 Å². The SMILES string of the molecule is [B]C1(c2ccc3cc4c(cc3c2)oc2cnc(-c3ccccc3)cc24)CCCCC1. The lowest BCUT2D eigenvalue weighted by Crippen LogP contribution is -2.29. The van der Waals surface area contributed by atoms with E-state index in [1.807, 2.05) is 24.4 Å². The zero-order valence-corrected chi connectivity index (χ0v) is 16.9. The summed E-state index contributed by atoms with van der Waals surface area (Å²) in [7, 11) is 6.79. The molecule has 2 nitrogen and oxygen atoms in total. The van der Waals surface area contributed by atoms with Crippen LogP contribution in [0.2, 0.25) is 0 Å². The van der Waals surface area contributed by atoms with Gasteiger partial charge in [0.2, 0.25) is 0 Å². The molecule has 0 saturated heterocycles. The van der Waals surface area contributed by atoms with Gasteiger partial charge in [-0.15, -0.1) is 0 Å². The van der Waals surface area contributed by atoms with Crippen LogP contribution in [-0.4, -0.2) is 12.8 Å². The van der Waals surface area contributed by atoms with Crippen molar-refractivity contribution in [2.24, 2.45) is 0 Å². The molecule has 1 fully saturated rings. The topological polar surface area (TPSA) is 26.0 Å². The minimum atomic E-state index is -0.191. The Morgan fingerprint density at radius 2 is 1.57 bits per heavy atom. The highest BCUT2D eigenvalue weighted by molar-refractivity contribution is 6.16. The van der Waals surface area contributed by atoms with Crippen LogP contribution in [0.5, 0.6) is 0 Å². The van der Waals surface area contributed by atoms with Gasteiger partial charge in [-0.25, -0.2) is 0 Å². The standard InChI is InChI=1S/C27H22BNO/c28-27(11-5-2-6-12-27)21-10-9-19-14-22-23-16-24(18-7-3-1-4-8-18)29-17-26(23)30-25(22)15-20(19)13-21/h1,3-4,7-10,13-17H,2,5-6,11-12H2. The summed E-state index contributed by atoms with van der Waals surface area (Å²) in [6.07, 6.45) is 7.70. The molecule has 0 atom stereocenters. The molecule has 0 bridgehead atoms. The third kappa shape index (κ3) is 2.84. The zero-order valence-electron chi connectivity index (χ0n) is 16.9. The van der Waals surface area contributed by atoms with Gasteiger partial charge in [-0.3, -0.25) is 4.98 Å². The lowest BCUT2D eigenvalue weighted by atomic mass is 9.56. The molecule has 1 saturated carbocycles. The van der Waals surface area contributed by atoms with E-state index in [-0.39, 0.29) is 5.31 Å². The second kappa shape index (κ2) is 6.73. The number of nitrogens with zero attached hydrogens (tertiary/aromatic N) is 1. The van der Waals surface area contributed by atoms with E-state index in [2.05, 4.69) is 53.5 Å². The number of fused-ring (bicyclic) bond motifs is 4. The van der Waals surface area contributed by atoms with Gasteiger partial charge in [-0.1, -0.05) is 80.6 Å². The Bertz CT molecular complexity index is 1380. The minimum absolute atomic E-state index is 0.191. The molecule has 6 rings (SSSR count). The second-order valence-corrected chi connectivity index (χ2v) is 8.66. The quantitative estimate of drug-likeness (QED) is 0.301. The van der Waals surface area contributed by atoms with Crippen LogP contribution in [0.15, 0.2) is 77.3 Å². The number of hydrogen-bond acceptors (Lipinski definition) is 2. The number of furan rings is 1. The summed E-state index contributed by atoms with van der Waals surface area (Å²) in [5.74, 6) is 0. The van der Waals surface area contributed by atoms with Crippen LogP contribution < -0.4 is 0 Å². The monoisotopic (exact) mass is 387 g/mol. The Morgan fingerprint density at radius 3 is 2.40 bits per heavy atom. The molecule has 0 unspecified atom stereocenters. The molecule has 144 valence electrons. The van der Waals surface area contributed by atoms with Gasteiger partial charge < -0.3 is 4.42 Å². The predicted molar refractivity (Wildman–Crippen MR) is 125 cm³/mol. The average molecular weight is 387 g/mol. The second-order valence-electron chi connectivity index (χ2n) is 8.66. The van der Waals surface area contributed by atoms with Crippen molar-refractivity contribution >= 4 is 40.6 Å². The van der Waals surface area contributed by atoms with E-state index in [9.17, 15) is 0 Å². The minimum Gasteiger partial charge on any atom is -0.454 e. The van der Waals surface area contributed by atoms with E-state index in [1.165, 1.54) is 35.6 Å². The van der Waals surface area contributed by atoms with Crippen LogP contribution in [0.4, 0.5) is 0 Å². The number of benzene rings is 3. The van der Waals surface area contributed by atoms with Crippen molar-refractivity contribution in [3.8, 4) is 11.3 Å². The zero-order chi connectivity index (χ0) is 20.1. The average Bonchev–Trinajstić information content (AvgIpc) is 3.15. The maximum Gasteiger partial charge on any atom is 0.153 e. The van der Waals surface area contributed by atoms with Crippen LogP contribution in [-0.2, 0) is 5.31 Å². The van der Waals surface area contributed by atoms with Gasteiger partial charge in [0.15, 0.2) is 5.58 Å². The van der Waals surface area contributed by atoms with Crippen LogP contribution in [0.3, 0.4) is 0 Å². The van der Waals surface area contributed by atoms with E-state index < -0.39 is 0 Å². The molecule has 2 aromatic heterocycles. The van der Waals surface area contributed by atoms with Gasteiger partial charge in [0, 0.05) is 16.3 Å². The van der Waals surface area contributed by atoms with Crippen molar-refractivity contribution in [3.63, 3.8) is 0 Å². The number of rotatable bonds is 2. The summed E-state index contributed by atoms with van der Waals surface area (Å²) >= 11 is 0. The number of pyridine rings is 1. The molecule has 0 spiro atoms. The van der Waals surface area contributed by atoms with Crippen molar-refractivity contribution < 1.29 is 4.42 Å². The lowest BCUT2D eigenvalue weighted by Gasteiger charge is -2.35. The maximum absolute atomic E-state index is 6.79. The smallest absolute Gasteiger partial charge is 0.153 e. The summed E-state index contributed by atoms with van der Waals surface area (Å²) in [4.78, 5) is 4.62. The van der Waals surface area contributed by atoms with Crippen molar-refractivity contribution in [3.05, 3.63) is 78.5 Å². The molecule has 5 aromatic rings. The van der Waals surface area contributed by atoms with Crippen LogP contribution in [0, 0.1) is 0 Å². The molecule has 0 amide bonds. The third-order valence-corrected chi connectivity index (χ3v) is 6.71. The fourth-order valence-electron chi connectivity index (χ4n) is 4.97. The molecule has 3 aromatic carbocycles. The van der Waals surface area contributed by atoms with E-state index in [1.54, 1.807) is 0 Å². The Kier molecular flexibility index (Phi) is 3.99. The van der Waals surface area contributed by atoms with Gasteiger partial charge in [-0.05, 0) is 39.8 Å². The highest BCUT2D eigenvalue weighted by Gasteiger charge is 2.28. The molecule has 0 N–H and O–H groups in total. The fraction of sp³-hybridized carbons (Fsp3) is 0.222. The van der Waals surface area contributed by atoms with Crippen molar-refractivity contribution in [2.45, 2.75) is 37.4 Å². The first-order valence-corrected chi connectivity index (χ1v) is 10.8. The predicted octanol–water partition coefficient (Wildman–Crippen LogP) is 7.13. The summed E-state index contributed by atoms with van der Waals surface area (Å²) in [5, 5.41) is 4.44. The third-order valence-electron chi connectivity index (χ3n) is 6.71. The van der Waals surface area contributed by atoms with Crippen molar-refractivity contribution in [1.29, 1.82) is 0 Å². The molecule has 2 heterocycles. The van der Waals surface area contributed by atoms with E-state index in [0.717, 1.165) is 46.0 Å². The molecule has 30 heavy (non-hydrogen) atoms. The molecule has 1 aliphatic rings. The first-order chi connectivity index (χ1) is 14.7. The van der Waals surface area contributed by atoms with Gasteiger partial charge in [0.05, 0.1) is 19.7 Å². The molecular weight excluding hydrogens is 365 g/mol. The van der Waals surface area contributed by atoms with Gasteiger partial charge in [-0.2, -0.15) is 0 Å². The van der Waals surface area contributed by atoms with Crippen molar-refractivity contribution in [2.75, 3.05) is 0 Å². The Labute approximate surface area is 177 Å². The first kappa shape index (κ1) is 17.8. The summed E-state index contributed by atoms with van der Waals surface area (Å²) < 4.78 is 6.17. The fourth-order valence-corrected chi connectivity index (χ4v) is 4.97. The molecule has 0 aliphatic heterocycles. The molecule has 2 radical (unpaired) electrons. The van der Waals surface area contributed by atoms with Crippen LogP contribution in [0.1, 0.15) is 37.7 Å². The van der Waals surface area contributed by atoms with Crippen molar-refractivity contribution in [1.82, 2.24) is 4.98 Å². The molecule has 1 aliphatic carbocycles. The van der Waals surface area contributed by atoms with Crippen LogP contribution >= 0.6 is 0 Å². The lowest BCUT2D eigenvalue weighted by molar-refractivity contribution is 0.398. The normalized spacial score (nSPS) is 16.4. The highest BCUT2D eigenvalue weighted by Crippen LogP contribution is 2.39. The maximum atomic E-state index is 6.79. The highest BCUT2D eigenvalue weighted by atomic mass is 16.3. The van der Waals surface area contributed by atoms with Gasteiger partial charge >= 0.3 is 0 Å². The summed E-state index contributed by atoms with van der Waals surface area (Å²) in [6, 6.07) is 23.5. The van der Waals surface area contributed by atoms with E-state index >= 15 is 0 Å². The van der Waals surface area contributed by atoms with Gasteiger partial charge in [0.25, 0.3) is 0 Å². The number of aromatic nitrogens is 1. The largest absolute Gasteiger partial charge is 0.454 e. The Morgan fingerprint density at radius 1 is 0.767 bits per heavy atom. The summed E-state index contributed by atoms with van der Waals surface area (Å²) in [6.45, 7) is 0. The van der Waals surface area contributed by atoms with E-state index in [4.69, 9.17) is 12.3 Å².